The van der Waals surface area contributed by atoms with Crippen LogP contribution in [0.25, 0.3) is 0 Å². The van der Waals surface area contributed by atoms with E-state index in [9.17, 15) is 4.79 Å². The number of thiazole rings is 1. The molecule has 0 spiro atoms. The molecule has 2 rings (SSSR count). The lowest BCUT2D eigenvalue weighted by Gasteiger charge is -2.12. The van der Waals surface area contributed by atoms with Crippen LogP contribution in [-0.4, -0.2) is 24.1 Å². The van der Waals surface area contributed by atoms with Crippen molar-refractivity contribution in [2.75, 3.05) is 12.4 Å². The predicted molar refractivity (Wildman–Crippen MR) is 82.7 cm³/mol. The molecule has 0 bridgehead atoms. The summed E-state index contributed by atoms with van der Waals surface area (Å²) in [5.74, 6) is 0.568. The monoisotopic (exact) mass is 306 g/mol. The Bertz CT molecular complexity index is 612. The molecule has 0 aliphatic carbocycles. The smallest absolute Gasteiger partial charge is 0.255 e. The maximum Gasteiger partial charge on any atom is 0.255 e. The second kappa shape index (κ2) is 7.19. The highest BCUT2D eigenvalue weighted by molar-refractivity contribution is 7.15. The van der Waals surface area contributed by atoms with E-state index >= 15 is 0 Å². The normalized spacial score (nSPS) is 12.0. The molecule has 0 saturated carbocycles. The zero-order valence-corrected chi connectivity index (χ0v) is 13.1. The van der Waals surface area contributed by atoms with Gasteiger partial charge in [0.15, 0.2) is 5.13 Å². The first kappa shape index (κ1) is 15.5. The van der Waals surface area contributed by atoms with Gasteiger partial charge in [0.2, 0.25) is 0 Å². The zero-order chi connectivity index (χ0) is 15.2. The molecule has 0 aliphatic heterocycles. The third-order valence-corrected chi connectivity index (χ3v) is 3.68. The summed E-state index contributed by atoms with van der Waals surface area (Å²) in [6.07, 6.45) is 1.17. The molecular formula is C15H18N2O3S. The lowest BCUT2D eigenvalue weighted by atomic mass is 10.2. The van der Waals surface area contributed by atoms with Crippen LogP contribution in [0.5, 0.6) is 5.75 Å². The molecule has 2 aromatic rings. The number of carbonyl (C=O) groups is 1. The number of methoxy groups -OCH3 is 1. The Hall–Kier alpha value is -1.92. The van der Waals surface area contributed by atoms with Crippen LogP contribution in [0.15, 0.2) is 30.5 Å². The number of nitrogens with zero attached hydrogens (tertiary/aromatic N) is 1. The molecule has 0 unspecified atom stereocenters. The molecule has 0 radical (unpaired) electrons. The number of nitrogens with one attached hydrogen (secondary N) is 1. The van der Waals surface area contributed by atoms with E-state index in [4.69, 9.17) is 9.47 Å². The Balaban J connectivity index is 1.85. The number of rotatable bonds is 6. The second-order valence-corrected chi connectivity index (χ2v) is 5.80. The van der Waals surface area contributed by atoms with E-state index in [1.807, 2.05) is 31.2 Å². The van der Waals surface area contributed by atoms with Crippen LogP contribution in [0.1, 0.15) is 17.4 Å². The summed E-state index contributed by atoms with van der Waals surface area (Å²) >= 11 is 1.44. The predicted octanol–water partition coefficient (Wildman–Crippen LogP) is 3.00. The van der Waals surface area contributed by atoms with Crippen molar-refractivity contribution in [3.05, 3.63) is 40.9 Å². The number of ether oxygens (including phenoxy) is 2. The van der Waals surface area contributed by atoms with Crippen LogP contribution in [0.3, 0.4) is 0 Å². The highest BCUT2D eigenvalue weighted by Gasteiger charge is 2.15. The van der Waals surface area contributed by atoms with Gasteiger partial charge in [-0.25, -0.2) is 4.98 Å². The van der Waals surface area contributed by atoms with Crippen molar-refractivity contribution in [3.63, 3.8) is 0 Å². The Labute approximate surface area is 127 Å². The minimum Gasteiger partial charge on any atom is -0.497 e. The van der Waals surface area contributed by atoms with Gasteiger partial charge in [0.05, 0.1) is 13.7 Å². The second-order valence-electron chi connectivity index (χ2n) is 4.57. The van der Waals surface area contributed by atoms with Gasteiger partial charge in [-0.3, -0.25) is 10.1 Å². The van der Waals surface area contributed by atoms with Crippen LogP contribution >= 0.6 is 11.3 Å². The molecule has 1 aromatic heterocycles. The standard InChI is InChI=1S/C15H18N2O3S/c1-10-8-16-15(21-10)17-14(18)11(2)20-9-12-5-4-6-13(7-12)19-3/h4-8,11H,9H2,1-3H3,(H,16,17,18)/t11-/m1/s1. The van der Waals surface area contributed by atoms with Gasteiger partial charge in [-0.1, -0.05) is 12.1 Å². The molecule has 0 aliphatic rings. The fourth-order valence-electron chi connectivity index (χ4n) is 1.68. The first-order valence-electron chi connectivity index (χ1n) is 6.56. The van der Waals surface area contributed by atoms with E-state index in [0.717, 1.165) is 16.2 Å². The van der Waals surface area contributed by atoms with E-state index in [-0.39, 0.29) is 5.91 Å². The summed E-state index contributed by atoms with van der Waals surface area (Å²) < 4.78 is 10.7. The van der Waals surface area contributed by atoms with E-state index in [2.05, 4.69) is 10.3 Å². The first-order valence-corrected chi connectivity index (χ1v) is 7.38. The summed E-state index contributed by atoms with van der Waals surface area (Å²) in [5, 5.41) is 3.33. The molecule has 0 saturated heterocycles. The number of hydrogen-bond acceptors (Lipinski definition) is 5. The molecule has 1 N–H and O–H groups in total. The number of benzene rings is 1. The fourth-order valence-corrected chi connectivity index (χ4v) is 2.35. The topological polar surface area (TPSA) is 60.5 Å². The number of carbonyl (C=O) groups excluding carboxylic acids is 1. The third-order valence-electron chi connectivity index (χ3n) is 2.85. The molecule has 0 fully saturated rings. The van der Waals surface area contributed by atoms with Crippen LogP contribution in [-0.2, 0) is 16.1 Å². The lowest BCUT2D eigenvalue weighted by Crippen LogP contribution is -2.27. The summed E-state index contributed by atoms with van der Waals surface area (Å²) in [5.41, 5.74) is 0.957. The van der Waals surface area contributed by atoms with Crippen molar-refractivity contribution >= 4 is 22.4 Å². The third kappa shape index (κ3) is 4.54. The van der Waals surface area contributed by atoms with Crippen molar-refractivity contribution < 1.29 is 14.3 Å². The van der Waals surface area contributed by atoms with Crippen molar-refractivity contribution in [3.8, 4) is 5.75 Å². The molecule has 1 heterocycles. The number of aryl methyl sites for hydroxylation is 1. The SMILES string of the molecule is COc1cccc(CO[C@H](C)C(=O)Nc2ncc(C)s2)c1. The molecular weight excluding hydrogens is 288 g/mol. The van der Waals surface area contributed by atoms with Gasteiger partial charge in [-0.15, -0.1) is 11.3 Å². The van der Waals surface area contributed by atoms with Crippen LogP contribution in [0.4, 0.5) is 5.13 Å². The van der Waals surface area contributed by atoms with Gasteiger partial charge in [-0.05, 0) is 31.5 Å². The van der Waals surface area contributed by atoms with Gasteiger partial charge in [0.1, 0.15) is 11.9 Å². The van der Waals surface area contributed by atoms with Crippen LogP contribution in [0.2, 0.25) is 0 Å². The minimum absolute atomic E-state index is 0.202. The Morgan fingerprint density at radius 1 is 1.48 bits per heavy atom. The summed E-state index contributed by atoms with van der Waals surface area (Å²) in [7, 11) is 1.62. The van der Waals surface area contributed by atoms with Gasteiger partial charge >= 0.3 is 0 Å². The largest absolute Gasteiger partial charge is 0.497 e. The highest BCUT2D eigenvalue weighted by Crippen LogP contribution is 2.17. The number of aromatic nitrogens is 1. The van der Waals surface area contributed by atoms with Crippen LogP contribution < -0.4 is 10.1 Å². The number of hydrogen-bond donors (Lipinski definition) is 1. The zero-order valence-electron chi connectivity index (χ0n) is 12.3. The lowest BCUT2D eigenvalue weighted by molar-refractivity contribution is -0.127. The van der Waals surface area contributed by atoms with Crippen molar-refractivity contribution in [1.82, 2.24) is 4.98 Å². The van der Waals surface area contributed by atoms with Crippen LogP contribution in [0, 0.1) is 6.92 Å². The average molecular weight is 306 g/mol. The molecule has 21 heavy (non-hydrogen) atoms. The van der Waals surface area contributed by atoms with Crippen molar-refractivity contribution in [2.45, 2.75) is 26.6 Å². The van der Waals surface area contributed by atoms with Gasteiger partial charge in [-0.2, -0.15) is 0 Å². The quantitative estimate of drug-likeness (QED) is 0.891. The highest BCUT2D eigenvalue weighted by atomic mass is 32.1. The van der Waals surface area contributed by atoms with E-state index < -0.39 is 6.10 Å². The van der Waals surface area contributed by atoms with Crippen molar-refractivity contribution in [2.24, 2.45) is 0 Å². The molecule has 5 nitrogen and oxygen atoms in total. The molecule has 112 valence electrons. The molecule has 1 atom stereocenters. The maximum absolute atomic E-state index is 12.0. The fraction of sp³-hybridized carbons (Fsp3) is 0.333. The Morgan fingerprint density at radius 3 is 2.95 bits per heavy atom. The molecule has 6 heteroatoms. The van der Waals surface area contributed by atoms with E-state index in [1.165, 1.54) is 11.3 Å². The number of anilines is 1. The number of amides is 1. The van der Waals surface area contributed by atoms with Gasteiger partial charge < -0.3 is 9.47 Å². The maximum atomic E-state index is 12.0. The minimum atomic E-state index is -0.555. The van der Waals surface area contributed by atoms with Gasteiger partial charge in [0, 0.05) is 11.1 Å². The van der Waals surface area contributed by atoms with E-state index in [1.54, 1.807) is 20.2 Å². The first-order chi connectivity index (χ1) is 10.1. The van der Waals surface area contributed by atoms with Crippen molar-refractivity contribution in [1.29, 1.82) is 0 Å². The average Bonchev–Trinajstić information content (AvgIpc) is 2.90. The summed E-state index contributed by atoms with van der Waals surface area (Å²) in [6.45, 7) is 4.01. The summed E-state index contributed by atoms with van der Waals surface area (Å²) in [4.78, 5) is 17.1. The Kier molecular flexibility index (Phi) is 5.30. The van der Waals surface area contributed by atoms with E-state index in [0.29, 0.717) is 11.7 Å². The Morgan fingerprint density at radius 2 is 2.29 bits per heavy atom. The molecule has 1 amide bonds. The van der Waals surface area contributed by atoms with Gasteiger partial charge in [0.25, 0.3) is 5.91 Å². The molecule has 1 aromatic carbocycles. The summed E-state index contributed by atoms with van der Waals surface area (Å²) in [6, 6.07) is 7.57.